The monoisotopic (exact) mass is 596 g/mol. The van der Waals surface area contributed by atoms with Crippen molar-refractivity contribution >= 4 is 42.1 Å². The van der Waals surface area contributed by atoms with Crippen molar-refractivity contribution in [1.29, 1.82) is 0 Å². The van der Waals surface area contributed by atoms with Crippen LogP contribution < -0.4 is 24.3 Å². The van der Waals surface area contributed by atoms with E-state index < -0.39 is 28.6 Å². The first-order valence-corrected chi connectivity index (χ1v) is 14.1. The van der Waals surface area contributed by atoms with Crippen LogP contribution in [0, 0.1) is 6.92 Å². The molecule has 0 aromatic carbocycles. The van der Waals surface area contributed by atoms with Gasteiger partial charge in [0.1, 0.15) is 0 Å². The zero-order valence-electron chi connectivity index (χ0n) is 24.3. The normalized spacial score (nSPS) is 15.5. The number of ether oxygens (including phenoxy) is 2. The second-order valence-corrected chi connectivity index (χ2v) is 11.2. The van der Waals surface area contributed by atoms with Crippen molar-refractivity contribution in [2.24, 2.45) is 0 Å². The Balaban J connectivity index is 1.46. The molecule has 1 amide bonds. The fraction of sp³-hybridized carbons (Fsp3) is 0.320. The fourth-order valence-electron chi connectivity index (χ4n) is 3.94. The molecule has 1 aliphatic heterocycles. The van der Waals surface area contributed by atoms with E-state index in [4.69, 9.17) is 18.1 Å². The molecule has 0 spiro atoms. The van der Waals surface area contributed by atoms with Crippen LogP contribution in [0.5, 0.6) is 5.75 Å². The van der Waals surface area contributed by atoms with E-state index in [9.17, 15) is 4.79 Å². The van der Waals surface area contributed by atoms with Crippen molar-refractivity contribution in [1.82, 2.24) is 40.5 Å². The van der Waals surface area contributed by atoms with Gasteiger partial charge in [0.15, 0.2) is 0 Å². The molecule has 5 rings (SSSR count). The number of hydrogen-bond donors (Lipinski definition) is 2. The Bertz CT molecular complexity index is 1560. The molecule has 1 atom stereocenters. The number of nitrogens with zero attached hydrogens (tertiary/aromatic N) is 7. The second-order valence-electron chi connectivity index (χ2n) is 8.56. The van der Waals surface area contributed by atoms with Crippen LogP contribution in [-0.4, -0.2) is 97.3 Å². The van der Waals surface area contributed by atoms with E-state index in [0.717, 1.165) is 23.1 Å². The molecule has 0 radical (unpaired) electrons. The number of nitrogens with one attached hydrogen (secondary N) is 2. The molecular formula is C25H28AsN9O4. The average molecular weight is 596 g/mol. The van der Waals surface area contributed by atoms with Gasteiger partial charge in [-0.3, -0.25) is 0 Å². The van der Waals surface area contributed by atoms with Gasteiger partial charge in [0.2, 0.25) is 0 Å². The summed E-state index contributed by atoms with van der Waals surface area (Å²) in [6, 6.07) is 7.20. The van der Waals surface area contributed by atoms with Crippen molar-refractivity contribution in [2.45, 2.75) is 13.5 Å². The minimum atomic E-state index is -2.72. The van der Waals surface area contributed by atoms with Crippen LogP contribution in [0.4, 0.5) is 11.5 Å². The van der Waals surface area contributed by atoms with E-state index in [1.165, 1.54) is 13.3 Å². The summed E-state index contributed by atoms with van der Waals surface area (Å²) in [5, 5.41) is 17.5. The Morgan fingerprint density at radius 1 is 1.18 bits per heavy atom. The summed E-state index contributed by atoms with van der Waals surface area (Å²) >= 11 is -1.03. The molecule has 1 unspecified atom stereocenters. The molecule has 2 N–H and O–H groups in total. The quantitative estimate of drug-likeness (QED) is 0.249. The van der Waals surface area contributed by atoms with Gasteiger partial charge >= 0.3 is 205 Å². The molecule has 0 aliphatic carbocycles. The predicted octanol–water partition coefficient (Wildman–Crippen LogP) is -0.0437. The minimum absolute atomic E-state index is 0.197. The van der Waals surface area contributed by atoms with Gasteiger partial charge < -0.3 is 4.74 Å². The molecule has 0 saturated carbocycles. The Labute approximate surface area is 235 Å². The molecule has 14 heteroatoms. The summed E-state index contributed by atoms with van der Waals surface area (Å²) in [7, 11) is 1.47. The van der Waals surface area contributed by atoms with Gasteiger partial charge in [0.25, 0.3) is 0 Å². The van der Waals surface area contributed by atoms with Crippen molar-refractivity contribution in [3.8, 4) is 17.1 Å². The molecule has 1 fully saturated rings. The van der Waals surface area contributed by atoms with E-state index in [1.54, 1.807) is 18.3 Å². The molecule has 5 heterocycles. The van der Waals surface area contributed by atoms with E-state index in [2.05, 4.69) is 40.5 Å². The van der Waals surface area contributed by atoms with Gasteiger partial charge in [-0.25, -0.2) is 0 Å². The Hall–Kier alpha value is -3.93. The SMILES string of the molecule is [2H]C([2H])([2H])NC(=O)c1nnc([AsH]c2cc(C)ccn2)cc1Nc1nccc(-c2noc(CN3CCOCC3)n2)c1OC. The van der Waals surface area contributed by atoms with Crippen molar-refractivity contribution in [2.75, 3.05) is 45.7 Å². The van der Waals surface area contributed by atoms with E-state index in [0.29, 0.717) is 41.5 Å². The number of anilines is 2. The molecule has 13 nitrogen and oxygen atoms in total. The third-order valence-electron chi connectivity index (χ3n) is 5.83. The van der Waals surface area contributed by atoms with Crippen molar-refractivity contribution < 1.29 is 22.9 Å². The Kier molecular flexibility index (Phi) is 7.24. The number of rotatable bonds is 9. The molecule has 1 aliphatic rings. The molecule has 202 valence electrons. The van der Waals surface area contributed by atoms with Crippen LogP contribution in [0.3, 0.4) is 0 Å². The van der Waals surface area contributed by atoms with Gasteiger partial charge in [-0.05, 0) is 0 Å². The van der Waals surface area contributed by atoms with Gasteiger partial charge in [-0.1, -0.05) is 0 Å². The number of carbonyl (C=O) groups is 1. The predicted molar refractivity (Wildman–Crippen MR) is 144 cm³/mol. The summed E-state index contributed by atoms with van der Waals surface area (Å²) in [5.74, 6) is 0.331. The van der Waals surface area contributed by atoms with Crippen LogP contribution in [0.2, 0.25) is 0 Å². The zero-order valence-corrected chi connectivity index (χ0v) is 23.4. The summed E-state index contributed by atoms with van der Waals surface area (Å²) in [6.07, 6.45) is 3.25. The summed E-state index contributed by atoms with van der Waals surface area (Å²) in [5.41, 5.74) is 1.53. The summed E-state index contributed by atoms with van der Waals surface area (Å²) in [4.78, 5) is 28.4. The topological polar surface area (TPSA) is 153 Å². The van der Waals surface area contributed by atoms with Crippen molar-refractivity contribution in [3.63, 3.8) is 0 Å². The standard InChI is InChI=1S/C25H28AsN9O4/c1-15-4-6-28-18(12-15)26-19-13-17(21(33-32-19)25(36)27-2)30-24-22(37-3)16(5-7-29-24)23-31-20(39-34-23)14-35-8-10-38-11-9-35/h4-7,12-13,26H,8-11,14H2,1-3H3,(H,27,36)(H,29,30,32)/i2D3. The molecular weight excluding hydrogens is 565 g/mol. The maximum atomic E-state index is 12.9. The number of aryl methyl sites for hydroxylation is 1. The van der Waals surface area contributed by atoms with Crippen LogP contribution >= 0.6 is 0 Å². The number of hydrogen-bond acceptors (Lipinski definition) is 12. The molecule has 39 heavy (non-hydrogen) atoms. The number of pyridine rings is 2. The first-order valence-electron chi connectivity index (χ1n) is 13.5. The van der Waals surface area contributed by atoms with Crippen LogP contribution in [0.1, 0.15) is 26.1 Å². The molecule has 0 bridgehead atoms. The first kappa shape index (κ1) is 23.0. The second kappa shape index (κ2) is 12.3. The van der Waals surface area contributed by atoms with Gasteiger partial charge in [-0.2, -0.15) is 0 Å². The average Bonchev–Trinajstić information content (AvgIpc) is 3.41. The van der Waals surface area contributed by atoms with Crippen LogP contribution in [-0.2, 0) is 11.3 Å². The summed E-state index contributed by atoms with van der Waals surface area (Å²) < 4.78 is 40.4. The molecule has 4 aromatic rings. The van der Waals surface area contributed by atoms with E-state index in [-0.39, 0.29) is 22.9 Å². The number of carbonyl (C=O) groups excluding carboxylic acids is 1. The molecule has 4 aromatic heterocycles. The molecule has 1 saturated heterocycles. The number of aromatic nitrogens is 6. The van der Waals surface area contributed by atoms with Gasteiger partial charge in [-0.15, -0.1) is 0 Å². The van der Waals surface area contributed by atoms with Crippen LogP contribution in [0.25, 0.3) is 11.4 Å². The Morgan fingerprint density at radius 2 is 2.03 bits per heavy atom. The van der Waals surface area contributed by atoms with Gasteiger partial charge in [0.05, 0.1) is 13.2 Å². The first-order chi connectivity index (χ1) is 20.2. The zero-order chi connectivity index (χ0) is 29.7. The van der Waals surface area contributed by atoms with Crippen LogP contribution in [0.15, 0.2) is 41.2 Å². The third kappa shape index (κ3) is 6.39. The summed E-state index contributed by atoms with van der Waals surface area (Å²) in [6.45, 7) is 2.58. The fourth-order valence-corrected chi connectivity index (χ4v) is 6.07. The maximum absolute atomic E-state index is 12.9. The third-order valence-corrected chi connectivity index (χ3v) is 7.99. The number of amides is 1. The van der Waals surface area contributed by atoms with Gasteiger partial charge in [0, 0.05) is 13.1 Å². The van der Waals surface area contributed by atoms with E-state index >= 15 is 0 Å². The number of morpholine rings is 1. The Morgan fingerprint density at radius 3 is 2.82 bits per heavy atom. The van der Waals surface area contributed by atoms with E-state index in [1.807, 2.05) is 24.4 Å². The number of methoxy groups -OCH3 is 1. The van der Waals surface area contributed by atoms with Crippen molar-refractivity contribution in [3.05, 3.63) is 53.8 Å².